The van der Waals surface area contributed by atoms with Crippen LogP contribution in [0, 0.1) is 9.49 Å². The van der Waals surface area contributed by atoms with Crippen LogP contribution in [0.3, 0.4) is 0 Å². The van der Waals surface area contributed by atoms with E-state index < -0.39 is 0 Å². The van der Waals surface area contributed by atoms with Gasteiger partial charge in [0.2, 0.25) is 0 Å². The molecule has 1 unspecified atom stereocenters. The van der Waals surface area contributed by atoms with Crippen LogP contribution < -0.4 is 5.32 Å². The highest BCUT2D eigenvalue weighted by molar-refractivity contribution is 14.1. The van der Waals surface area contributed by atoms with Gasteiger partial charge in [-0.15, -0.1) is 0 Å². The first-order valence-corrected chi connectivity index (χ1v) is 6.71. The quantitative estimate of drug-likeness (QED) is 0.858. The molecule has 1 aliphatic heterocycles. The van der Waals surface area contributed by atoms with Gasteiger partial charge in [0, 0.05) is 19.3 Å². The van der Waals surface area contributed by atoms with Crippen molar-refractivity contribution < 1.29 is 0 Å². The van der Waals surface area contributed by atoms with Crippen molar-refractivity contribution in [3.63, 3.8) is 0 Å². The van der Waals surface area contributed by atoms with Gasteiger partial charge in [-0.1, -0.05) is 0 Å². The van der Waals surface area contributed by atoms with E-state index in [1.807, 2.05) is 6.20 Å². The number of piperidine rings is 1. The summed E-state index contributed by atoms with van der Waals surface area (Å²) in [6.07, 6.45) is 6.06. The molecule has 1 saturated heterocycles. The van der Waals surface area contributed by atoms with Crippen LogP contribution >= 0.6 is 22.6 Å². The van der Waals surface area contributed by atoms with E-state index in [2.05, 4.69) is 49.8 Å². The fraction of sp³-hybridized carbons (Fsp3) is 0.636. The number of rotatable bonds is 3. The number of likely N-dealkylation sites (tertiary alicyclic amines) is 1. The highest BCUT2D eigenvalue weighted by Gasteiger charge is 2.17. The number of aromatic nitrogens is 2. The maximum absolute atomic E-state index is 4.24. The molecule has 1 aliphatic rings. The second kappa shape index (κ2) is 5.77. The lowest BCUT2D eigenvalue weighted by atomic mass is 9.98. The van der Waals surface area contributed by atoms with Crippen molar-refractivity contribution in [1.82, 2.24) is 14.9 Å². The summed E-state index contributed by atoms with van der Waals surface area (Å²) in [6, 6.07) is 0. The highest BCUT2D eigenvalue weighted by Crippen LogP contribution is 2.17. The standard InChI is InChI=1S/C11H17IN4/c1-16-4-2-3-9(7-16)5-14-11-10(12)6-13-8-15-11/h6,8-9H,2-5,7H2,1H3,(H,13,14,15). The van der Waals surface area contributed by atoms with Gasteiger partial charge in [0.05, 0.1) is 3.57 Å². The summed E-state index contributed by atoms with van der Waals surface area (Å²) in [5.41, 5.74) is 0. The largest absolute Gasteiger partial charge is 0.369 e. The Hall–Kier alpha value is -0.430. The fourth-order valence-corrected chi connectivity index (χ4v) is 2.61. The van der Waals surface area contributed by atoms with Crippen LogP contribution in [0.4, 0.5) is 5.82 Å². The summed E-state index contributed by atoms with van der Waals surface area (Å²) in [4.78, 5) is 10.6. The molecule has 1 N–H and O–H groups in total. The minimum atomic E-state index is 0.740. The second-order valence-electron chi connectivity index (χ2n) is 4.37. The third-order valence-electron chi connectivity index (χ3n) is 2.95. The Kier molecular flexibility index (Phi) is 4.34. The van der Waals surface area contributed by atoms with Crippen molar-refractivity contribution in [3.05, 3.63) is 16.1 Å². The summed E-state index contributed by atoms with van der Waals surface area (Å²) in [7, 11) is 2.20. The molecule has 5 heteroatoms. The van der Waals surface area contributed by atoms with Gasteiger partial charge in [0.1, 0.15) is 12.1 Å². The Balaban J connectivity index is 1.85. The van der Waals surface area contributed by atoms with Gasteiger partial charge in [-0.2, -0.15) is 0 Å². The normalized spacial score (nSPS) is 22.0. The van der Waals surface area contributed by atoms with E-state index in [9.17, 15) is 0 Å². The van der Waals surface area contributed by atoms with Crippen LogP contribution in [-0.4, -0.2) is 41.5 Å². The van der Waals surface area contributed by atoms with E-state index in [0.29, 0.717) is 0 Å². The zero-order valence-electron chi connectivity index (χ0n) is 9.49. The van der Waals surface area contributed by atoms with E-state index in [1.165, 1.54) is 25.9 Å². The average molecular weight is 332 g/mol. The first-order chi connectivity index (χ1) is 7.75. The van der Waals surface area contributed by atoms with Gasteiger partial charge in [-0.25, -0.2) is 9.97 Å². The van der Waals surface area contributed by atoms with Crippen molar-refractivity contribution in [1.29, 1.82) is 0 Å². The van der Waals surface area contributed by atoms with Gasteiger partial charge in [0.25, 0.3) is 0 Å². The van der Waals surface area contributed by atoms with Crippen LogP contribution in [0.1, 0.15) is 12.8 Å². The molecule has 2 heterocycles. The predicted molar refractivity (Wildman–Crippen MR) is 73.5 cm³/mol. The van der Waals surface area contributed by atoms with E-state index in [-0.39, 0.29) is 0 Å². The lowest BCUT2D eigenvalue weighted by Crippen LogP contribution is -2.35. The van der Waals surface area contributed by atoms with E-state index in [0.717, 1.165) is 21.9 Å². The number of halogens is 1. The maximum Gasteiger partial charge on any atom is 0.142 e. The Morgan fingerprint density at radius 1 is 1.62 bits per heavy atom. The summed E-state index contributed by atoms with van der Waals surface area (Å²) in [5.74, 6) is 1.70. The van der Waals surface area contributed by atoms with Crippen molar-refractivity contribution in [2.24, 2.45) is 5.92 Å². The zero-order chi connectivity index (χ0) is 11.4. The average Bonchev–Trinajstić information content (AvgIpc) is 2.28. The molecule has 1 aromatic heterocycles. The van der Waals surface area contributed by atoms with Crippen LogP contribution in [0.15, 0.2) is 12.5 Å². The van der Waals surface area contributed by atoms with Gasteiger partial charge in [-0.3, -0.25) is 0 Å². The van der Waals surface area contributed by atoms with Gasteiger partial charge >= 0.3 is 0 Å². The molecule has 1 atom stereocenters. The first-order valence-electron chi connectivity index (χ1n) is 5.63. The molecular formula is C11H17IN4. The summed E-state index contributed by atoms with van der Waals surface area (Å²) >= 11 is 2.26. The number of hydrogen-bond donors (Lipinski definition) is 1. The zero-order valence-corrected chi connectivity index (χ0v) is 11.6. The lowest BCUT2D eigenvalue weighted by Gasteiger charge is -2.29. The number of hydrogen-bond acceptors (Lipinski definition) is 4. The number of nitrogens with zero attached hydrogens (tertiary/aromatic N) is 3. The molecule has 88 valence electrons. The molecule has 4 nitrogen and oxygen atoms in total. The van der Waals surface area contributed by atoms with Gasteiger partial charge in [-0.05, 0) is 54.9 Å². The Bertz CT molecular complexity index is 345. The van der Waals surface area contributed by atoms with Crippen molar-refractivity contribution in [2.75, 3.05) is 32.0 Å². The number of anilines is 1. The number of nitrogens with one attached hydrogen (secondary N) is 1. The summed E-state index contributed by atoms with van der Waals surface area (Å²) in [6.45, 7) is 3.44. The van der Waals surface area contributed by atoms with Crippen LogP contribution in [0.25, 0.3) is 0 Å². The first kappa shape index (κ1) is 12.0. The summed E-state index contributed by atoms with van der Waals surface area (Å²) in [5, 5.41) is 3.42. The Labute approximate surface area is 110 Å². The van der Waals surface area contributed by atoms with Crippen molar-refractivity contribution >= 4 is 28.4 Å². The molecular weight excluding hydrogens is 315 g/mol. The molecule has 1 fully saturated rings. The molecule has 16 heavy (non-hydrogen) atoms. The third-order valence-corrected chi connectivity index (χ3v) is 3.74. The topological polar surface area (TPSA) is 41.0 Å². The van der Waals surface area contributed by atoms with Crippen LogP contribution in [-0.2, 0) is 0 Å². The van der Waals surface area contributed by atoms with Gasteiger partial charge < -0.3 is 10.2 Å². The van der Waals surface area contributed by atoms with Crippen molar-refractivity contribution in [3.8, 4) is 0 Å². The summed E-state index contributed by atoms with van der Waals surface area (Å²) < 4.78 is 1.09. The minimum Gasteiger partial charge on any atom is -0.369 e. The molecule has 0 bridgehead atoms. The molecule has 0 amide bonds. The second-order valence-corrected chi connectivity index (χ2v) is 5.53. The highest BCUT2D eigenvalue weighted by atomic mass is 127. The van der Waals surface area contributed by atoms with Gasteiger partial charge in [0.15, 0.2) is 0 Å². The molecule has 0 aromatic carbocycles. The SMILES string of the molecule is CN1CCCC(CNc2ncncc2I)C1. The molecule has 2 rings (SSSR count). The van der Waals surface area contributed by atoms with Crippen LogP contribution in [0.5, 0.6) is 0 Å². The lowest BCUT2D eigenvalue weighted by molar-refractivity contribution is 0.217. The molecule has 0 aliphatic carbocycles. The monoisotopic (exact) mass is 332 g/mol. The van der Waals surface area contributed by atoms with E-state index >= 15 is 0 Å². The van der Waals surface area contributed by atoms with Crippen molar-refractivity contribution in [2.45, 2.75) is 12.8 Å². The Morgan fingerprint density at radius 2 is 2.50 bits per heavy atom. The van der Waals surface area contributed by atoms with E-state index in [1.54, 1.807) is 6.33 Å². The minimum absolute atomic E-state index is 0.740. The van der Waals surface area contributed by atoms with E-state index in [4.69, 9.17) is 0 Å². The molecule has 0 spiro atoms. The molecule has 0 radical (unpaired) electrons. The Morgan fingerprint density at radius 3 is 3.25 bits per heavy atom. The molecule has 0 saturated carbocycles. The maximum atomic E-state index is 4.24. The third kappa shape index (κ3) is 3.28. The van der Waals surface area contributed by atoms with Crippen LogP contribution in [0.2, 0.25) is 0 Å². The smallest absolute Gasteiger partial charge is 0.142 e. The fourth-order valence-electron chi connectivity index (χ4n) is 2.12. The predicted octanol–water partition coefficient (Wildman–Crippen LogP) is 1.83. The molecule has 1 aromatic rings.